The molecule has 0 spiro atoms. The van der Waals surface area contributed by atoms with E-state index in [4.69, 9.17) is 23.7 Å². The summed E-state index contributed by atoms with van der Waals surface area (Å²) >= 11 is 0. The molecule has 6 nitrogen and oxygen atoms in total. The van der Waals surface area contributed by atoms with Gasteiger partial charge in [0.1, 0.15) is 5.56 Å². The van der Waals surface area contributed by atoms with Gasteiger partial charge in [-0.3, -0.25) is 0 Å². The van der Waals surface area contributed by atoms with Gasteiger partial charge < -0.3 is 23.7 Å². The summed E-state index contributed by atoms with van der Waals surface area (Å²) < 4.78 is 25.6. The molecule has 0 atom stereocenters. The molecular weight excluding hydrogens is 264 g/mol. The summed E-state index contributed by atoms with van der Waals surface area (Å²) in [4.78, 5) is 11.8. The standard InChI is InChI=1S/C14H20O6/c1-10-5-6-11(17-3)13(12(10)14(15)18-4)20-9-19-8-7-16-2/h5-6H,7-9H2,1-4H3. The summed E-state index contributed by atoms with van der Waals surface area (Å²) in [5.74, 6) is 0.288. The van der Waals surface area contributed by atoms with Gasteiger partial charge in [0.2, 0.25) is 0 Å². The maximum Gasteiger partial charge on any atom is 0.342 e. The van der Waals surface area contributed by atoms with Gasteiger partial charge in [-0.15, -0.1) is 0 Å². The van der Waals surface area contributed by atoms with Crippen LogP contribution in [0.2, 0.25) is 0 Å². The molecule has 0 aliphatic rings. The Bertz CT molecular complexity index is 444. The lowest BCUT2D eigenvalue weighted by atomic mass is 10.1. The van der Waals surface area contributed by atoms with Crippen LogP contribution < -0.4 is 9.47 Å². The van der Waals surface area contributed by atoms with E-state index >= 15 is 0 Å². The second-order valence-corrected chi connectivity index (χ2v) is 3.94. The zero-order chi connectivity index (χ0) is 15.0. The van der Waals surface area contributed by atoms with Crippen molar-refractivity contribution in [3.05, 3.63) is 23.3 Å². The van der Waals surface area contributed by atoms with Crippen molar-refractivity contribution >= 4 is 5.97 Å². The second kappa shape index (κ2) is 8.39. The van der Waals surface area contributed by atoms with Gasteiger partial charge in [-0.25, -0.2) is 4.79 Å². The monoisotopic (exact) mass is 284 g/mol. The quantitative estimate of drug-likeness (QED) is 0.412. The Morgan fingerprint density at radius 2 is 1.90 bits per heavy atom. The maximum atomic E-state index is 11.8. The van der Waals surface area contributed by atoms with Gasteiger partial charge in [0.15, 0.2) is 18.3 Å². The second-order valence-electron chi connectivity index (χ2n) is 3.94. The van der Waals surface area contributed by atoms with Crippen LogP contribution in [0.25, 0.3) is 0 Å². The lowest BCUT2D eigenvalue weighted by molar-refractivity contribution is -0.0101. The van der Waals surface area contributed by atoms with Crippen LogP contribution in [-0.4, -0.2) is 47.3 Å². The Labute approximate surface area is 118 Å². The third-order valence-corrected chi connectivity index (χ3v) is 2.66. The summed E-state index contributed by atoms with van der Waals surface area (Å²) in [7, 11) is 4.41. The van der Waals surface area contributed by atoms with Gasteiger partial charge in [0.05, 0.1) is 27.4 Å². The zero-order valence-corrected chi connectivity index (χ0v) is 12.2. The van der Waals surface area contributed by atoms with Crippen molar-refractivity contribution in [3.8, 4) is 11.5 Å². The van der Waals surface area contributed by atoms with E-state index < -0.39 is 5.97 Å². The van der Waals surface area contributed by atoms with E-state index in [2.05, 4.69) is 0 Å². The SMILES string of the molecule is COCCOCOc1c(OC)ccc(C)c1C(=O)OC. The first-order valence-electron chi connectivity index (χ1n) is 6.11. The van der Waals surface area contributed by atoms with Crippen molar-refractivity contribution in [2.24, 2.45) is 0 Å². The van der Waals surface area contributed by atoms with E-state index in [-0.39, 0.29) is 6.79 Å². The van der Waals surface area contributed by atoms with Crippen LogP contribution in [0.5, 0.6) is 11.5 Å². The molecule has 0 aliphatic carbocycles. The van der Waals surface area contributed by atoms with Crippen molar-refractivity contribution < 1.29 is 28.5 Å². The van der Waals surface area contributed by atoms with Crippen molar-refractivity contribution in [1.82, 2.24) is 0 Å². The molecular formula is C14H20O6. The minimum absolute atomic E-state index is 0.00678. The highest BCUT2D eigenvalue weighted by Crippen LogP contribution is 2.34. The summed E-state index contributed by atoms with van der Waals surface area (Å²) in [6.45, 7) is 2.66. The van der Waals surface area contributed by atoms with Crippen LogP contribution in [0.3, 0.4) is 0 Å². The molecule has 0 bridgehead atoms. The Kier molecular flexibility index (Phi) is 6.83. The van der Waals surface area contributed by atoms with E-state index in [1.165, 1.54) is 14.2 Å². The highest BCUT2D eigenvalue weighted by Gasteiger charge is 2.20. The van der Waals surface area contributed by atoms with Crippen molar-refractivity contribution in [2.45, 2.75) is 6.92 Å². The molecule has 1 aromatic rings. The summed E-state index contributed by atoms with van der Waals surface area (Å²) in [6, 6.07) is 3.50. The molecule has 1 aromatic carbocycles. The zero-order valence-electron chi connectivity index (χ0n) is 12.2. The minimum atomic E-state index is -0.478. The Balaban J connectivity index is 2.89. The molecule has 1 rings (SSSR count). The molecule has 6 heteroatoms. The van der Waals surface area contributed by atoms with E-state index in [1.54, 1.807) is 26.2 Å². The van der Waals surface area contributed by atoms with Crippen molar-refractivity contribution in [3.63, 3.8) is 0 Å². The normalized spacial score (nSPS) is 10.2. The number of carbonyl (C=O) groups excluding carboxylic acids is 1. The van der Waals surface area contributed by atoms with Crippen LogP contribution in [0.4, 0.5) is 0 Å². The molecule has 0 N–H and O–H groups in total. The molecule has 0 aliphatic heterocycles. The van der Waals surface area contributed by atoms with E-state index in [0.717, 1.165) is 5.56 Å². The highest BCUT2D eigenvalue weighted by atomic mass is 16.7. The van der Waals surface area contributed by atoms with Gasteiger partial charge in [-0.2, -0.15) is 0 Å². The van der Waals surface area contributed by atoms with Gasteiger partial charge >= 0.3 is 5.97 Å². The number of esters is 1. The average molecular weight is 284 g/mol. The molecule has 0 saturated carbocycles. The molecule has 112 valence electrons. The largest absolute Gasteiger partial charge is 0.493 e. The maximum absolute atomic E-state index is 11.8. The number of ether oxygens (including phenoxy) is 5. The fraction of sp³-hybridized carbons (Fsp3) is 0.500. The van der Waals surface area contributed by atoms with E-state index in [1.807, 2.05) is 0 Å². The van der Waals surface area contributed by atoms with Crippen LogP contribution in [0.15, 0.2) is 12.1 Å². The highest BCUT2D eigenvalue weighted by molar-refractivity contribution is 5.95. The molecule has 0 fully saturated rings. The molecule has 0 aromatic heterocycles. The number of aryl methyl sites for hydroxylation is 1. The number of benzene rings is 1. The predicted octanol–water partition coefficient (Wildman–Crippen LogP) is 1.79. The third-order valence-electron chi connectivity index (χ3n) is 2.66. The number of carbonyl (C=O) groups is 1. The summed E-state index contributed by atoms with van der Waals surface area (Å²) in [5, 5.41) is 0. The van der Waals surface area contributed by atoms with E-state index in [9.17, 15) is 4.79 Å². The van der Waals surface area contributed by atoms with E-state index in [0.29, 0.717) is 30.3 Å². The smallest absolute Gasteiger partial charge is 0.342 e. The molecule has 0 unspecified atom stereocenters. The lowest BCUT2D eigenvalue weighted by Gasteiger charge is -2.15. The van der Waals surface area contributed by atoms with Gasteiger partial charge in [-0.05, 0) is 18.6 Å². The summed E-state index contributed by atoms with van der Waals surface area (Å²) in [5.41, 5.74) is 1.08. The first-order chi connectivity index (χ1) is 9.65. The average Bonchev–Trinajstić information content (AvgIpc) is 2.46. The first-order valence-corrected chi connectivity index (χ1v) is 6.11. The minimum Gasteiger partial charge on any atom is -0.493 e. The fourth-order valence-corrected chi connectivity index (χ4v) is 1.62. The predicted molar refractivity (Wildman–Crippen MR) is 72.4 cm³/mol. The molecule has 0 saturated heterocycles. The Hall–Kier alpha value is -1.79. The molecule has 0 radical (unpaired) electrons. The van der Waals surface area contributed by atoms with Gasteiger partial charge in [-0.1, -0.05) is 6.07 Å². The van der Waals surface area contributed by atoms with Crippen molar-refractivity contribution in [1.29, 1.82) is 0 Å². The van der Waals surface area contributed by atoms with Crippen LogP contribution >= 0.6 is 0 Å². The fourth-order valence-electron chi connectivity index (χ4n) is 1.62. The molecule has 0 amide bonds. The van der Waals surface area contributed by atoms with Crippen LogP contribution in [0, 0.1) is 6.92 Å². The van der Waals surface area contributed by atoms with Gasteiger partial charge in [0.25, 0.3) is 0 Å². The first kappa shape index (κ1) is 16.3. The summed E-state index contributed by atoms with van der Waals surface area (Å²) in [6.07, 6.45) is 0. The van der Waals surface area contributed by atoms with Gasteiger partial charge in [0, 0.05) is 7.11 Å². The molecule has 20 heavy (non-hydrogen) atoms. The Morgan fingerprint density at radius 3 is 2.50 bits per heavy atom. The topological polar surface area (TPSA) is 63.2 Å². The number of hydrogen-bond donors (Lipinski definition) is 0. The third kappa shape index (κ3) is 4.11. The van der Waals surface area contributed by atoms with Crippen LogP contribution in [0.1, 0.15) is 15.9 Å². The lowest BCUT2D eigenvalue weighted by Crippen LogP contribution is -2.13. The Morgan fingerprint density at radius 1 is 1.15 bits per heavy atom. The van der Waals surface area contributed by atoms with Crippen molar-refractivity contribution in [2.75, 3.05) is 41.3 Å². The number of rotatable bonds is 8. The molecule has 0 heterocycles. The number of hydrogen-bond acceptors (Lipinski definition) is 6. The van der Waals surface area contributed by atoms with Crippen LogP contribution in [-0.2, 0) is 14.2 Å². The number of methoxy groups -OCH3 is 3.